The second kappa shape index (κ2) is 7.53. The highest BCUT2D eigenvalue weighted by molar-refractivity contribution is 5.88. The molecule has 0 saturated carbocycles. The van der Waals surface area contributed by atoms with Crippen molar-refractivity contribution in [3.63, 3.8) is 0 Å². The summed E-state index contributed by atoms with van der Waals surface area (Å²) in [6.45, 7) is 0.389. The molecule has 0 saturated heterocycles. The van der Waals surface area contributed by atoms with Crippen LogP contribution in [0.2, 0.25) is 0 Å². The maximum atomic E-state index is 7.22. The van der Waals surface area contributed by atoms with Gasteiger partial charge >= 0.3 is 6.02 Å². The van der Waals surface area contributed by atoms with E-state index in [-0.39, 0.29) is 24.4 Å². The molecule has 88 valence electrons. The Hall–Kier alpha value is -1.75. The van der Waals surface area contributed by atoms with Gasteiger partial charge < -0.3 is 16.2 Å². The minimum absolute atomic E-state index is 0. The van der Waals surface area contributed by atoms with Gasteiger partial charge in [-0.1, -0.05) is 30.3 Å². The van der Waals surface area contributed by atoms with Gasteiger partial charge in [0.25, 0.3) is 0 Å². The van der Waals surface area contributed by atoms with Crippen molar-refractivity contribution in [2.75, 3.05) is 6.61 Å². The summed E-state index contributed by atoms with van der Waals surface area (Å²) in [6, 6.07) is 9.59. The predicted molar refractivity (Wildman–Crippen MR) is 66.9 cm³/mol. The first-order valence-corrected chi connectivity index (χ1v) is 4.53. The molecule has 0 heterocycles. The molecular weight excluding hydrogens is 228 g/mol. The lowest BCUT2D eigenvalue weighted by Gasteiger charge is -2.03. The summed E-state index contributed by atoms with van der Waals surface area (Å²) >= 11 is 0. The molecule has 6 heteroatoms. The molecule has 0 amide bonds. The van der Waals surface area contributed by atoms with E-state index in [9.17, 15) is 0 Å². The van der Waals surface area contributed by atoms with Crippen LogP contribution in [0.1, 0.15) is 5.56 Å². The van der Waals surface area contributed by atoms with Gasteiger partial charge in [-0.05, 0) is 5.56 Å². The quantitative estimate of drug-likeness (QED) is 0.542. The molecule has 1 rings (SSSR count). The van der Waals surface area contributed by atoms with Gasteiger partial charge in [0.15, 0.2) is 5.96 Å². The van der Waals surface area contributed by atoms with Crippen LogP contribution in [-0.4, -0.2) is 18.6 Å². The fourth-order valence-corrected chi connectivity index (χ4v) is 1.06. The van der Waals surface area contributed by atoms with E-state index < -0.39 is 0 Å². The third kappa shape index (κ3) is 5.87. The summed E-state index contributed by atoms with van der Waals surface area (Å²) < 4.78 is 4.99. The van der Waals surface area contributed by atoms with Crippen molar-refractivity contribution < 1.29 is 4.74 Å². The van der Waals surface area contributed by atoms with Crippen LogP contribution in [0.4, 0.5) is 0 Å². The van der Waals surface area contributed by atoms with Crippen LogP contribution in [0.25, 0.3) is 0 Å². The number of hydrogen-bond acceptors (Lipinski definition) is 2. The number of aliphatic imine (C=N–C) groups is 1. The zero-order valence-corrected chi connectivity index (χ0v) is 9.54. The van der Waals surface area contributed by atoms with Crippen LogP contribution < -0.4 is 11.5 Å². The van der Waals surface area contributed by atoms with Gasteiger partial charge in [-0.25, -0.2) is 5.41 Å². The third-order valence-electron chi connectivity index (χ3n) is 1.70. The fourth-order valence-electron chi connectivity index (χ4n) is 1.06. The molecule has 5 nitrogen and oxygen atoms in total. The highest BCUT2D eigenvalue weighted by Gasteiger charge is 1.96. The second-order valence-electron chi connectivity index (χ2n) is 2.93. The van der Waals surface area contributed by atoms with Crippen molar-refractivity contribution in [1.29, 1.82) is 5.41 Å². The van der Waals surface area contributed by atoms with Gasteiger partial charge in [0, 0.05) is 6.42 Å². The standard InChI is InChI=1S/C10H14N4O.ClH/c11-9(12)14-10(13)15-7-6-8-4-2-1-3-5-8;/h1-5H,6-7H2,(H5,11,12,13,14);1H. The van der Waals surface area contributed by atoms with E-state index >= 15 is 0 Å². The summed E-state index contributed by atoms with van der Waals surface area (Å²) in [6.07, 6.45) is 0.725. The van der Waals surface area contributed by atoms with Crippen LogP contribution in [-0.2, 0) is 11.2 Å². The summed E-state index contributed by atoms with van der Waals surface area (Å²) in [5.41, 5.74) is 11.3. The lowest BCUT2D eigenvalue weighted by atomic mass is 10.2. The van der Waals surface area contributed by atoms with Crippen molar-refractivity contribution in [2.24, 2.45) is 16.5 Å². The molecule has 1 aromatic carbocycles. The van der Waals surface area contributed by atoms with Gasteiger partial charge in [0.1, 0.15) is 0 Å². The molecule has 0 aliphatic carbocycles. The van der Waals surface area contributed by atoms with Crippen molar-refractivity contribution >= 4 is 24.4 Å². The molecule has 0 atom stereocenters. The molecule has 0 bridgehead atoms. The Bertz CT molecular complexity index is 349. The van der Waals surface area contributed by atoms with E-state index in [1.807, 2.05) is 30.3 Å². The Labute approximate surface area is 100 Å². The zero-order valence-electron chi connectivity index (χ0n) is 8.72. The number of rotatable bonds is 3. The molecule has 5 N–H and O–H groups in total. The van der Waals surface area contributed by atoms with Crippen molar-refractivity contribution in [1.82, 2.24) is 0 Å². The molecule has 0 aliphatic heterocycles. The first kappa shape index (κ1) is 14.2. The van der Waals surface area contributed by atoms with Gasteiger partial charge in [0.05, 0.1) is 6.61 Å². The minimum Gasteiger partial charge on any atom is -0.463 e. The van der Waals surface area contributed by atoms with Crippen LogP contribution in [0.3, 0.4) is 0 Å². The number of nitrogens with two attached hydrogens (primary N) is 2. The molecule has 0 radical (unpaired) electrons. The Morgan fingerprint density at radius 2 is 1.88 bits per heavy atom. The fraction of sp³-hybridized carbons (Fsp3) is 0.200. The highest BCUT2D eigenvalue weighted by atomic mass is 35.5. The predicted octanol–water partition coefficient (Wildman–Crippen LogP) is 0.876. The summed E-state index contributed by atoms with van der Waals surface area (Å²) in [5, 5.41) is 7.22. The Kier molecular flexibility index (Phi) is 6.71. The van der Waals surface area contributed by atoms with Crippen molar-refractivity contribution in [3.8, 4) is 0 Å². The maximum Gasteiger partial charge on any atom is 0.312 e. The Balaban J connectivity index is 0.00000225. The molecule has 0 aliphatic rings. The molecule has 0 spiro atoms. The maximum absolute atomic E-state index is 7.22. The number of benzene rings is 1. The van der Waals surface area contributed by atoms with E-state index in [1.165, 1.54) is 0 Å². The van der Waals surface area contributed by atoms with E-state index in [0.717, 1.165) is 12.0 Å². The molecule has 16 heavy (non-hydrogen) atoms. The summed E-state index contributed by atoms with van der Waals surface area (Å²) in [5.74, 6) is -0.167. The number of guanidine groups is 1. The third-order valence-corrected chi connectivity index (χ3v) is 1.70. The topological polar surface area (TPSA) is 97.5 Å². The molecule has 0 unspecified atom stereocenters. The summed E-state index contributed by atoms with van der Waals surface area (Å²) in [7, 11) is 0. The minimum atomic E-state index is -0.258. The van der Waals surface area contributed by atoms with Gasteiger partial charge in [-0.15, -0.1) is 12.4 Å². The average molecular weight is 243 g/mol. The lowest BCUT2D eigenvalue weighted by Crippen LogP contribution is -2.24. The van der Waals surface area contributed by atoms with Crippen LogP contribution >= 0.6 is 12.4 Å². The Morgan fingerprint density at radius 3 is 2.44 bits per heavy atom. The van der Waals surface area contributed by atoms with Gasteiger partial charge in [0.2, 0.25) is 0 Å². The number of amidine groups is 1. The molecular formula is C10H15ClN4O. The van der Waals surface area contributed by atoms with Crippen LogP contribution in [0, 0.1) is 5.41 Å². The normalized spacial score (nSPS) is 8.75. The van der Waals surface area contributed by atoms with Crippen molar-refractivity contribution in [3.05, 3.63) is 35.9 Å². The smallest absolute Gasteiger partial charge is 0.312 e. The molecule has 0 aromatic heterocycles. The Morgan fingerprint density at radius 1 is 1.25 bits per heavy atom. The summed E-state index contributed by atoms with van der Waals surface area (Å²) in [4.78, 5) is 3.44. The number of ether oxygens (including phenoxy) is 1. The monoisotopic (exact) mass is 242 g/mol. The van der Waals surface area contributed by atoms with E-state index in [1.54, 1.807) is 0 Å². The van der Waals surface area contributed by atoms with Crippen LogP contribution in [0.15, 0.2) is 35.3 Å². The van der Waals surface area contributed by atoms with E-state index in [2.05, 4.69) is 4.99 Å². The molecule has 0 fully saturated rings. The largest absolute Gasteiger partial charge is 0.463 e. The first-order chi connectivity index (χ1) is 7.18. The average Bonchev–Trinajstić information content (AvgIpc) is 2.18. The second-order valence-corrected chi connectivity index (χ2v) is 2.93. The van der Waals surface area contributed by atoms with Gasteiger partial charge in [-0.3, -0.25) is 0 Å². The number of halogens is 1. The SMILES string of the molecule is Cl.N=C(N=C(N)N)OCCc1ccccc1. The highest BCUT2D eigenvalue weighted by Crippen LogP contribution is 1.99. The number of hydrogen-bond donors (Lipinski definition) is 3. The van der Waals surface area contributed by atoms with E-state index in [0.29, 0.717) is 6.61 Å². The first-order valence-electron chi connectivity index (χ1n) is 4.53. The number of nitrogens with one attached hydrogen (secondary N) is 1. The van der Waals surface area contributed by atoms with Crippen LogP contribution in [0.5, 0.6) is 0 Å². The van der Waals surface area contributed by atoms with Crippen molar-refractivity contribution in [2.45, 2.75) is 6.42 Å². The van der Waals surface area contributed by atoms with Gasteiger partial charge in [-0.2, -0.15) is 4.99 Å². The van der Waals surface area contributed by atoms with E-state index in [4.69, 9.17) is 21.6 Å². The lowest BCUT2D eigenvalue weighted by molar-refractivity contribution is 0.301. The zero-order chi connectivity index (χ0) is 11.1. The molecule has 1 aromatic rings. The number of nitrogens with zero attached hydrogens (tertiary/aromatic N) is 1.